The first-order valence-electron chi connectivity index (χ1n) is 7.30. The monoisotopic (exact) mass is 326 g/mol. The Labute approximate surface area is 127 Å². The topological polar surface area (TPSA) is 18.5 Å². The van der Waals surface area contributed by atoms with Crippen molar-refractivity contribution in [3.8, 4) is 11.5 Å². The fraction of sp³-hybridized carbons (Fsp3) is 0.600. The van der Waals surface area contributed by atoms with Gasteiger partial charge in [0.15, 0.2) is 0 Å². The van der Waals surface area contributed by atoms with Crippen molar-refractivity contribution in [3.63, 3.8) is 0 Å². The average molecular weight is 327 g/mol. The van der Waals surface area contributed by atoms with Gasteiger partial charge in [-0.15, -0.1) is 0 Å². The lowest BCUT2D eigenvalue weighted by molar-refractivity contribution is 0.545. The second-order valence-corrected chi connectivity index (χ2v) is 22.2. The maximum absolute atomic E-state index is 6.27. The van der Waals surface area contributed by atoms with E-state index in [1.165, 1.54) is 5.19 Å². The zero-order chi connectivity index (χ0) is 15.8. The van der Waals surface area contributed by atoms with Gasteiger partial charge in [0.25, 0.3) is 0 Å². The Balaban J connectivity index is 3.21. The Morgan fingerprint density at radius 2 is 1.20 bits per heavy atom. The molecular formula is C15H30O2Si3. The van der Waals surface area contributed by atoms with Gasteiger partial charge in [-0.1, -0.05) is 19.6 Å². The predicted molar refractivity (Wildman–Crippen MR) is 97.4 cm³/mol. The van der Waals surface area contributed by atoms with Gasteiger partial charge in [0.05, 0.1) is 8.07 Å². The van der Waals surface area contributed by atoms with E-state index in [2.05, 4.69) is 77.1 Å². The van der Waals surface area contributed by atoms with Crippen molar-refractivity contribution >= 4 is 29.9 Å². The van der Waals surface area contributed by atoms with Crippen LogP contribution in [0.3, 0.4) is 0 Å². The molecule has 0 saturated carbocycles. The van der Waals surface area contributed by atoms with Crippen LogP contribution in [0.5, 0.6) is 11.5 Å². The van der Waals surface area contributed by atoms with E-state index in [1.54, 1.807) is 0 Å². The van der Waals surface area contributed by atoms with Crippen molar-refractivity contribution in [1.82, 2.24) is 0 Å². The summed E-state index contributed by atoms with van der Waals surface area (Å²) < 4.78 is 12.4. The van der Waals surface area contributed by atoms with Gasteiger partial charge >= 0.3 is 0 Å². The molecule has 5 heteroatoms. The van der Waals surface area contributed by atoms with Crippen molar-refractivity contribution in [2.75, 3.05) is 0 Å². The normalized spacial score (nSPS) is 13.2. The second kappa shape index (κ2) is 5.69. The predicted octanol–water partition coefficient (Wildman–Crippen LogP) is 4.66. The van der Waals surface area contributed by atoms with Crippen LogP contribution in [0.1, 0.15) is 0 Å². The molecule has 0 aliphatic rings. The molecule has 0 bridgehead atoms. The first-order valence-corrected chi connectivity index (χ1v) is 17.6. The number of benzene rings is 1. The van der Waals surface area contributed by atoms with Gasteiger partial charge in [0, 0.05) is 0 Å². The van der Waals surface area contributed by atoms with Gasteiger partial charge in [0.2, 0.25) is 16.6 Å². The molecule has 0 spiro atoms. The Hall–Kier alpha value is -0.529. The standard InChI is InChI=1S/C15H30O2Si3/c1-18(2,3)15-12-13(16-19(4,5)6)10-11-14(15)17-20(7,8)9/h10-12H,1-9H3. The van der Waals surface area contributed by atoms with Crippen LogP contribution in [-0.2, 0) is 0 Å². The van der Waals surface area contributed by atoms with E-state index in [1.807, 2.05) is 0 Å². The fourth-order valence-corrected chi connectivity index (χ4v) is 5.15. The minimum atomic E-state index is -1.58. The summed E-state index contributed by atoms with van der Waals surface area (Å²) in [5.41, 5.74) is 0. The van der Waals surface area contributed by atoms with E-state index in [-0.39, 0.29) is 0 Å². The largest absolute Gasteiger partial charge is 0.544 e. The number of hydrogen-bond acceptors (Lipinski definition) is 2. The molecular weight excluding hydrogens is 296 g/mol. The zero-order valence-corrected chi connectivity index (χ0v) is 17.5. The highest BCUT2D eigenvalue weighted by Crippen LogP contribution is 2.24. The third-order valence-electron chi connectivity index (χ3n) is 2.60. The maximum Gasteiger partial charge on any atom is 0.242 e. The van der Waals surface area contributed by atoms with Gasteiger partial charge in [0.1, 0.15) is 11.5 Å². The molecule has 0 saturated heterocycles. The highest BCUT2D eigenvalue weighted by molar-refractivity contribution is 6.89. The van der Waals surface area contributed by atoms with Crippen LogP contribution in [0.2, 0.25) is 58.9 Å². The number of hydrogen-bond donors (Lipinski definition) is 0. The smallest absolute Gasteiger partial charge is 0.242 e. The number of rotatable bonds is 5. The Bertz CT molecular complexity index is 465. The molecule has 0 heterocycles. The molecule has 0 amide bonds. The first-order chi connectivity index (χ1) is 8.78. The van der Waals surface area contributed by atoms with Crippen molar-refractivity contribution in [1.29, 1.82) is 0 Å². The van der Waals surface area contributed by atoms with Crippen LogP contribution < -0.4 is 14.0 Å². The lowest BCUT2D eigenvalue weighted by atomic mass is 10.3. The average Bonchev–Trinajstić information content (AvgIpc) is 2.14. The minimum Gasteiger partial charge on any atom is -0.544 e. The summed E-state index contributed by atoms with van der Waals surface area (Å²) in [5, 5.41) is 1.37. The highest BCUT2D eigenvalue weighted by atomic mass is 28.4. The summed E-state index contributed by atoms with van der Waals surface area (Å²) in [6.45, 7) is 20.4. The van der Waals surface area contributed by atoms with Gasteiger partial charge in [-0.05, 0) is 62.7 Å². The van der Waals surface area contributed by atoms with Crippen molar-refractivity contribution < 1.29 is 8.85 Å². The minimum absolute atomic E-state index is 1.00. The van der Waals surface area contributed by atoms with E-state index in [0.717, 1.165) is 11.5 Å². The first kappa shape index (κ1) is 17.5. The van der Waals surface area contributed by atoms with Gasteiger partial charge < -0.3 is 8.85 Å². The van der Waals surface area contributed by atoms with E-state index in [4.69, 9.17) is 8.85 Å². The van der Waals surface area contributed by atoms with Crippen molar-refractivity contribution in [2.24, 2.45) is 0 Å². The molecule has 0 N–H and O–H groups in total. The highest BCUT2D eigenvalue weighted by Gasteiger charge is 2.26. The molecule has 0 aliphatic heterocycles. The molecule has 0 atom stereocenters. The lowest BCUT2D eigenvalue weighted by Crippen LogP contribution is -2.42. The van der Waals surface area contributed by atoms with E-state index in [0.29, 0.717) is 0 Å². The van der Waals surface area contributed by atoms with Crippen LogP contribution in [0.4, 0.5) is 0 Å². The molecule has 0 aliphatic carbocycles. The molecule has 0 fully saturated rings. The van der Waals surface area contributed by atoms with E-state index >= 15 is 0 Å². The Morgan fingerprint density at radius 1 is 0.700 bits per heavy atom. The van der Waals surface area contributed by atoms with Crippen LogP contribution in [0, 0.1) is 0 Å². The van der Waals surface area contributed by atoms with Gasteiger partial charge in [-0.2, -0.15) is 0 Å². The summed E-state index contributed by atoms with van der Waals surface area (Å²) in [6.07, 6.45) is 0. The van der Waals surface area contributed by atoms with Gasteiger partial charge in [-0.25, -0.2) is 0 Å². The summed E-state index contributed by atoms with van der Waals surface area (Å²) in [4.78, 5) is 0. The van der Waals surface area contributed by atoms with Gasteiger partial charge in [-0.3, -0.25) is 0 Å². The SMILES string of the molecule is C[Si](C)(C)Oc1ccc(O[Si](C)(C)C)c([Si](C)(C)C)c1. The molecule has 1 rings (SSSR count). The van der Waals surface area contributed by atoms with E-state index in [9.17, 15) is 0 Å². The molecule has 0 unspecified atom stereocenters. The van der Waals surface area contributed by atoms with Crippen LogP contribution >= 0.6 is 0 Å². The molecule has 1 aromatic carbocycles. The second-order valence-electron chi connectivity index (χ2n) is 8.34. The summed E-state index contributed by atoms with van der Waals surface area (Å²) >= 11 is 0. The molecule has 2 nitrogen and oxygen atoms in total. The summed E-state index contributed by atoms with van der Waals surface area (Å²) in [7, 11) is -4.60. The van der Waals surface area contributed by atoms with Crippen LogP contribution in [-0.4, -0.2) is 24.7 Å². The fourth-order valence-electron chi connectivity index (χ4n) is 1.93. The molecule has 20 heavy (non-hydrogen) atoms. The zero-order valence-electron chi connectivity index (χ0n) is 14.5. The molecule has 0 aromatic heterocycles. The Morgan fingerprint density at radius 3 is 1.60 bits per heavy atom. The third-order valence-corrected chi connectivity index (χ3v) is 6.29. The molecule has 0 radical (unpaired) electrons. The molecule has 1 aromatic rings. The quantitative estimate of drug-likeness (QED) is 0.733. The summed E-state index contributed by atoms with van der Waals surface area (Å²) in [5.74, 6) is 2.08. The third kappa shape index (κ3) is 5.85. The molecule has 114 valence electrons. The lowest BCUT2D eigenvalue weighted by Gasteiger charge is -2.28. The summed E-state index contributed by atoms with van der Waals surface area (Å²) in [6, 6.07) is 6.40. The maximum atomic E-state index is 6.27. The van der Waals surface area contributed by atoms with Crippen molar-refractivity contribution in [2.45, 2.75) is 58.9 Å². The van der Waals surface area contributed by atoms with Crippen molar-refractivity contribution in [3.05, 3.63) is 18.2 Å². The van der Waals surface area contributed by atoms with Crippen LogP contribution in [0.15, 0.2) is 18.2 Å². The van der Waals surface area contributed by atoms with Crippen LogP contribution in [0.25, 0.3) is 0 Å². The van der Waals surface area contributed by atoms with E-state index < -0.39 is 24.7 Å². The Kier molecular flexibility index (Phi) is 4.99.